The quantitative estimate of drug-likeness (QED) is 0.649. The molecule has 0 radical (unpaired) electrons. The van der Waals surface area contributed by atoms with Gasteiger partial charge in [0, 0.05) is 18.3 Å². The van der Waals surface area contributed by atoms with Gasteiger partial charge < -0.3 is 0 Å². The van der Waals surface area contributed by atoms with Crippen molar-refractivity contribution in [2.45, 2.75) is 19.3 Å². The number of hydrogen-bond acceptors (Lipinski definition) is 3. The molecule has 1 aromatic carbocycles. The van der Waals surface area contributed by atoms with Crippen LogP contribution in [0.25, 0.3) is 11.1 Å². The van der Waals surface area contributed by atoms with Gasteiger partial charge in [0.05, 0.1) is 0 Å². The van der Waals surface area contributed by atoms with Gasteiger partial charge in [-0.1, -0.05) is 18.2 Å². The van der Waals surface area contributed by atoms with Crippen LogP contribution in [0.5, 0.6) is 0 Å². The van der Waals surface area contributed by atoms with Gasteiger partial charge in [-0.15, -0.1) is 0 Å². The third-order valence-corrected chi connectivity index (χ3v) is 3.93. The second-order valence-electron chi connectivity index (χ2n) is 5.14. The third-order valence-electron chi connectivity index (χ3n) is 3.93. The summed E-state index contributed by atoms with van der Waals surface area (Å²) in [5, 5.41) is 8.72. The first-order valence-corrected chi connectivity index (χ1v) is 6.74. The van der Waals surface area contributed by atoms with E-state index in [2.05, 4.69) is 23.2 Å². The predicted molar refractivity (Wildman–Crippen MR) is 75.1 cm³/mol. The molecule has 0 aliphatic heterocycles. The zero-order chi connectivity index (χ0) is 13.9. The second-order valence-corrected chi connectivity index (χ2v) is 5.14. The number of amides is 1. The highest BCUT2D eigenvalue weighted by Crippen LogP contribution is 2.29. The SMILES string of the molecule is O=C(NO)C1CCc2cc(-c3ccncc3)ccc2C1. The summed E-state index contributed by atoms with van der Waals surface area (Å²) in [6, 6.07) is 10.3. The largest absolute Gasteiger partial charge is 0.289 e. The maximum Gasteiger partial charge on any atom is 0.246 e. The van der Waals surface area contributed by atoms with Crippen molar-refractivity contribution in [3.05, 3.63) is 53.9 Å². The molecule has 3 rings (SSSR count). The van der Waals surface area contributed by atoms with Crippen LogP contribution in [0.4, 0.5) is 0 Å². The topological polar surface area (TPSA) is 62.2 Å². The highest BCUT2D eigenvalue weighted by atomic mass is 16.5. The van der Waals surface area contributed by atoms with Crippen LogP contribution in [-0.2, 0) is 17.6 Å². The maximum absolute atomic E-state index is 11.5. The lowest BCUT2D eigenvalue weighted by molar-refractivity contribution is -0.133. The van der Waals surface area contributed by atoms with Crippen molar-refractivity contribution < 1.29 is 10.0 Å². The summed E-state index contributed by atoms with van der Waals surface area (Å²) in [4.78, 5) is 15.5. The Balaban J connectivity index is 1.87. The standard InChI is InChI=1S/C16H16N2O2/c19-16(18-20)15-4-3-13-9-12(1-2-14(13)10-15)11-5-7-17-8-6-11/h1-2,5-9,15,20H,3-4,10H2,(H,18,19). The molecule has 0 saturated heterocycles. The fourth-order valence-electron chi connectivity index (χ4n) is 2.79. The van der Waals surface area contributed by atoms with Gasteiger partial charge in [-0.25, -0.2) is 5.48 Å². The lowest BCUT2D eigenvalue weighted by atomic mass is 9.82. The van der Waals surface area contributed by atoms with Crippen molar-refractivity contribution in [3.63, 3.8) is 0 Å². The van der Waals surface area contributed by atoms with Gasteiger partial charge >= 0.3 is 0 Å². The number of carbonyl (C=O) groups is 1. The Morgan fingerprint density at radius 2 is 1.95 bits per heavy atom. The Morgan fingerprint density at radius 1 is 1.15 bits per heavy atom. The van der Waals surface area contributed by atoms with Crippen LogP contribution in [0, 0.1) is 5.92 Å². The summed E-state index contributed by atoms with van der Waals surface area (Å²) < 4.78 is 0. The fraction of sp³-hybridized carbons (Fsp3) is 0.250. The molecule has 1 aliphatic carbocycles. The van der Waals surface area contributed by atoms with Crippen molar-refractivity contribution >= 4 is 5.91 Å². The number of aryl methyl sites for hydroxylation is 1. The molecule has 0 saturated carbocycles. The summed E-state index contributed by atoms with van der Waals surface area (Å²) in [7, 11) is 0. The molecule has 1 amide bonds. The summed E-state index contributed by atoms with van der Waals surface area (Å²) in [6.07, 6.45) is 5.91. The van der Waals surface area contributed by atoms with Gasteiger partial charge in [0.2, 0.25) is 5.91 Å². The summed E-state index contributed by atoms with van der Waals surface area (Å²) in [5.41, 5.74) is 6.57. The average Bonchev–Trinajstić information content (AvgIpc) is 2.54. The van der Waals surface area contributed by atoms with Crippen molar-refractivity contribution in [2.24, 2.45) is 5.92 Å². The van der Waals surface area contributed by atoms with Gasteiger partial charge in [-0.2, -0.15) is 0 Å². The highest BCUT2D eigenvalue weighted by molar-refractivity contribution is 5.78. The molecule has 1 unspecified atom stereocenters. The summed E-state index contributed by atoms with van der Waals surface area (Å²) >= 11 is 0. The minimum Gasteiger partial charge on any atom is -0.289 e. The summed E-state index contributed by atoms with van der Waals surface area (Å²) in [5.74, 6) is -0.409. The summed E-state index contributed by atoms with van der Waals surface area (Å²) in [6.45, 7) is 0. The molecule has 1 aliphatic rings. The molecule has 0 spiro atoms. The molecule has 2 N–H and O–H groups in total. The molecule has 2 aromatic rings. The van der Waals surface area contributed by atoms with E-state index in [1.807, 2.05) is 12.1 Å². The lowest BCUT2D eigenvalue weighted by Gasteiger charge is -2.23. The molecule has 20 heavy (non-hydrogen) atoms. The van der Waals surface area contributed by atoms with Gasteiger partial charge in [-0.3, -0.25) is 15.0 Å². The number of hydrogen-bond donors (Lipinski definition) is 2. The third kappa shape index (κ3) is 2.42. The van der Waals surface area contributed by atoms with Crippen LogP contribution in [0.2, 0.25) is 0 Å². The van der Waals surface area contributed by atoms with Crippen molar-refractivity contribution in [1.29, 1.82) is 0 Å². The van der Waals surface area contributed by atoms with Crippen molar-refractivity contribution in [2.75, 3.05) is 0 Å². The Hall–Kier alpha value is -2.20. The highest BCUT2D eigenvalue weighted by Gasteiger charge is 2.24. The molecule has 1 aromatic heterocycles. The van der Waals surface area contributed by atoms with E-state index in [1.54, 1.807) is 17.9 Å². The number of nitrogens with zero attached hydrogens (tertiary/aromatic N) is 1. The number of carbonyl (C=O) groups excluding carboxylic acids is 1. The van der Waals surface area contributed by atoms with E-state index in [9.17, 15) is 4.79 Å². The van der Waals surface area contributed by atoms with E-state index in [0.717, 1.165) is 18.4 Å². The first kappa shape index (κ1) is 12.8. The molecule has 0 fully saturated rings. The van der Waals surface area contributed by atoms with Crippen LogP contribution in [0.3, 0.4) is 0 Å². The minimum absolute atomic E-state index is 0.126. The Bertz CT molecular complexity index is 626. The van der Waals surface area contributed by atoms with Gasteiger partial charge in [-0.05, 0) is 53.6 Å². The monoisotopic (exact) mass is 268 g/mol. The Labute approximate surface area is 117 Å². The van der Waals surface area contributed by atoms with Gasteiger partial charge in [0.1, 0.15) is 0 Å². The van der Waals surface area contributed by atoms with Crippen LogP contribution in [-0.4, -0.2) is 16.1 Å². The Kier molecular flexibility index (Phi) is 3.48. The van der Waals surface area contributed by atoms with E-state index < -0.39 is 0 Å². The fourth-order valence-corrected chi connectivity index (χ4v) is 2.79. The first-order chi connectivity index (χ1) is 9.78. The van der Waals surface area contributed by atoms with E-state index in [4.69, 9.17) is 5.21 Å². The Morgan fingerprint density at radius 3 is 2.70 bits per heavy atom. The number of fused-ring (bicyclic) bond motifs is 1. The van der Waals surface area contributed by atoms with Crippen LogP contribution in [0.15, 0.2) is 42.7 Å². The molecule has 0 bridgehead atoms. The van der Waals surface area contributed by atoms with Crippen LogP contribution >= 0.6 is 0 Å². The maximum atomic E-state index is 11.5. The number of aromatic nitrogens is 1. The van der Waals surface area contributed by atoms with Crippen LogP contribution in [0.1, 0.15) is 17.5 Å². The van der Waals surface area contributed by atoms with Gasteiger partial charge in [0.25, 0.3) is 0 Å². The first-order valence-electron chi connectivity index (χ1n) is 6.74. The molecule has 1 atom stereocenters. The normalized spacial score (nSPS) is 17.4. The lowest BCUT2D eigenvalue weighted by Crippen LogP contribution is -2.31. The van der Waals surface area contributed by atoms with Gasteiger partial charge in [0.15, 0.2) is 0 Å². The molecule has 1 heterocycles. The molecular formula is C16H16N2O2. The average molecular weight is 268 g/mol. The number of rotatable bonds is 2. The molecule has 4 heteroatoms. The number of benzene rings is 1. The zero-order valence-electron chi connectivity index (χ0n) is 11.0. The van der Waals surface area contributed by atoms with E-state index in [-0.39, 0.29) is 11.8 Å². The van der Waals surface area contributed by atoms with E-state index in [1.165, 1.54) is 16.7 Å². The van der Waals surface area contributed by atoms with E-state index >= 15 is 0 Å². The van der Waals surface area contributed by atoms with Crippen molar-refractivity contribution in [3.8, 4) is 11.1 Å². The van der Waals surface area contributed by atoms with Crippen LogP contribution < -0.4 is 5.48 Å². The number of pyridine rings is 1. The zero-order valence-corrected chi connectivity index (χ0v) is 11.0. The minimum atomic E-state index is -0.283. The second kappa shape index (κ2) is 5.43. The van der Waals surface area contributed by atoms with E-state index in [0.29, 0.717) is 6.42 Å². The molecule has 4 nitrogen and oxygen atoms in total. The smallest absolute Gasteiger partial charge is 0.246 e. The number of nitrogens with one attached hydrogen (secondary N) is 1. The molecule has 102 valence electrons. The molecular weight excluding hydrogens is 252 g/mol. The predicted octanol–water partition coefficient (Wildman–Crippen LogP) is 2.36. The number of hydroxylamine groups is 1. The van der Waals surface area contributed by atoms with Crippen molar-refractivity contribution in [1.82, 2.24) is 10.5 Å².